The lowest BCUT2D eigenvalue weighted by molar-refractivity contribution is 0.0387. The van der Waals surface area contributed by atoms with E-state index in [0.717, 1.165) is 32.5 Å². The van der Waals surface area contributed by atoms with Gasteiger partial charge in [-0.25, -0.2) is 0 Å². The predicted molar refractivity (Wildman–Crippen MR) is 78.8 cm³/mol. The van der Waals surface area contributed by atoms with Crippen molar-refractivity contribution >= 4 is 0 Å². The lowest BCUT2D eigenvalue weighted by atomic mass is 9.88. The van der Waals surface area contributed by atoms with Crippen molar-refractivity contribution in [2.45, 2.75) is 45.4 Å². The Hall–Kier alpha value is -0.900. The minimum absolute atomic E-state index is 0.186. The Bertz CT molecular complexity index is 390. The summed E-state index contributed by atoms with van der Waals surface area (Å²) in [6.45, 7) is 6.96. The van der Waals surface area contributed by atoms with Gasteiger partial charge in [0.1, 0.15) is 0 Å². The van der Waals surface area contributed by atoms with Crippen LogP contribution in [0.3, 0.4) is 0 Å². The van der Waals surface area contributed by atoms with Gasteiger partial charge in [-0.1, -0.05) is 36.8 Å². The van der Waals surface area contributed by atoms with Gasteiger partial charge in [-0.3, -0.25) is 4.90 Å². The standard InChI is InChI=1S/C16H26N2O/c1-3-16(19)14-8-15(17)11-18(10-14)9-13-6-4-12(2)5-7-13/h4-7,14-16,19H,3,8-11,17H2,1-2H3. The first-order valence-electron chi connectivity index (χ1n) is 7.30. The number of aliphatic hydroxyl groups excluding tert-OH is 1. The Morgan fingerprint density at radius 3 is 2.63 bits per heavy atom. The first-order chi connectivity index (χ1) is 9.08. The van der Waals surface area contributed by atoms with Crippen molar-refractivity contribution in [3.63, 3.8) is 0 Å². The van der Waals surface area contributed by atoms with Crippen LogP contribution in [-0.4, -0.2) is 35.2 Å². The Labute approximate surface area is 116 Å². The number of hydrogen-bond acceptors (Lipinski definition) is 3. The highest BCUT2D eigenvalue weighted by Crippen LogP contribution is 2.22. The number of aliphatic hydroxyl groups is 1. The molecule has 3 heteroatoms. The number of hydrogen-bond donors (Lipinski definition) is 2. The molecule has 1 aromatic carbocycles. The third kappa shape index (κ3) is 4.03. The molecule has 1 fully saturated rings. The summed E-state index contributed by atoms with van der Waals surface area (Å²) < 4.78 is 0. The quantitative estimate of drug-likeness (QED) is 0.871. The van der Waals surface area contributed by atoms with Gasteiger partial charge in [0.2, 0.25) is 0 Å². The van der Waals surface area contributed by atoms with Crippen LogP contribution in [0.15, 0.2) is 24.3 Å². The highest BCUT2D eigenvalue weighted by atomic mass is 16.3. The highest BCUT2D eigenvalue weighted by Gasteiger charge is 2.28. The maximum atomic E-state index is 10.0. The van der Waals surface area contributed by atoms with Crippen molar-refractivity contribution < 1.29 is 5.11 Å². The number of aryl methyl sites for hydroxylation is 1. The molecule has 1 aromatic rings. The molecule has 0 aromatic heterocycles. The first-order valence-corrected chi connectivity index (χ1v) is 7.30. The zero-order valence-electron chi connectivity index (χ0n) is 12.0. The van der Waals surface area contributed by atoms with E-state index in [9.17, 15) is 5.11 Å². The van der Waals surface area contributed by atoms with E-state index in [1.807, 2.05) is 6.92 Å². The Kier molecular flexibility index (Phi) is 4.97. The molecule has 2 rings (SSSR count). The van der Waals surface area contributed by atoms with Crippen LogP contribution < -0.4 is 5.73 Å². The molecule has 0 spiro atoms. The summed E-state index contributed by atoms with van der Waals surface area (Å²) in [6.07, 6.45) is 1.54. The van der Waals surface area contributed by atoms with Gasteiger partial charge in [-0.15, -0.1) is 0 Å². The van der Waals surface area contributed by atoms with Crippen LogP contribution in [0, 0.1) is 12.8 Å². The molecule has 3 nitrogen and oxygen atoms in total. The monoisotopic (exact) mass is 262 g/mol. The Morgan fingerprint density at radius 2 is 2.00 bits per heavy atom. The van der Waals surface area contributed by atoms with Crippen molar-refractivity contribution in [1.82, 2.24) is 4.90 Å². The average molecular weight is 262 g/mol. The van der Waals surface area contributed by atoms with Gasteiger partial charge in [-0.2, -0.15) is 0 Å². The number of nitrogens with zero attached hydrogens (tertiary/aromatic N) is 1. The molecule has 3 N–H and O–H groups in total. The van der Waals surface area contributed by atoms with Crippen molar-refractivity contribution in [2.24, 2.45) is 11.7 Å². The molecule has 0 amide bonds. The van der Waals surface area contributed by atoms with E-state index < -0.39 is 0 Å². The number of nitrogens with two attached hydrogens (primary N) is 1. The van der Waals surface area contributed by atoms with Crippen LogP contribution in [0.5, 0.6) is 0 Å². The van der Waals surface area contributed by atoms with E-state index in [2.05, 4.69) is 36.1 Å². The molecule has 1 heterocycles. The molecule has 0 aliphatic carbocycles. The van der Waals surface area contributed by atoms with E-state index >= 15 is 0 Å². The molecule has 3 unspecified atom stereocenters. The Balaban J connectivity index is 1.97. The lowest BCUT2D eigenvalue weighted by Crippen LogP contribution is -2.49. The summed E-state index contributed by atoms with van der Waals surface area (Å²) >= 11 is 0. The van der Waals surface area contributed by atoms with Gasteiger partial charge < -0.3 is 10.8 Å². The van der Waals surface area contributed by atoms with Crippen LogP contribution >= 0.6 is 0 Å². The molecule has 19 heavy (non-hydrogen) atoms. The molecule has 1 aliphatic rings. The molecule has 106 valence electrons. The fourth-order valence-corrected chi connectivity index (χ4v) is 2.97. The fourth-order valence-electron chi connectivity index (χ4n) is 2.97. The highest BCUT2D eigenvalue weighted by molar-refractivity contribution is 5.21. The first kappa shape index (κ1) is 14.5. The molecule has 0 radical (unpaired) electrons. The molecule has 1 saturated heterocycles. The zero-order valence-corrected chi connectivity index (χ0v) is 12.0. The van der Waals surface area contributed by atoms with E-state index in [1.165, 1.54) is 11.1 Å². The van der Waals surface area contributed by atoms with Crippen molar-refractivity contribution in [2.75, 3.05) is 13.1 Å². The van der Waals surface area contributed by atoms with E-state index in [4.69, 9.17) is 5.73 Å². The minimum atomic E-state index is -0.216. The molecule has 1 aliphatic heterocycles. The van der Waals surface area contributed by atoms with Crippen molar-refractivity contribution in [1.29, 1.82) is 0 Å². The van der Waals surface area contributed by atoms with Gasteiger partial charge in [0.15, 0.2) is 0 Å². The van der Waals surface area contributed by atoms with Gasteiger partial charge >= 0.3 is 0 Å². The van der Waals surface area contributed by atoms with Crippen molar-refractivity contribution in [3.05, 3.63) is 35.4 Å². The topological polar surface area (TPSA) is 49.5 Å². The molecular weight excluding hydrogens is 236 g/mol. The lowest BCUT2D eigenvalue weighted by Gasteiger charge is -2.38. The summed E-state index contributed by atoms with van der Waals surface area (Å²) in [4.78, 5) is 2.38. The summed E-state index contributed by atoms with van der Waals surface area (Å²) in [5, 5.41) is 10.0. The smallest absolute Gasteiger partial charge is 0.0578 e. The molecule has 0 saturated carbocycles. The number of piperidine rings is 1. The van der Waals surface area contributed by atoms with Gasteiger partial charge in [-0.05, 0) is 31.2 Å². The van der Waals surface area contributed by atoms with E-state index in [1.54, 1.807) is 0 Å². The second-order valence-electron chi connectivity index (χ2n) is 5.91. The molecule has 0 bridgehead atoms. The van der Waals surface area contributed by atoms with Gasteiger partial charge in [0, 0.05) is 25.7 Å². The summed E-state index contributed by atoms with van der Waals surface area (Å²) in [6, 6.07) is 8.85. The number of likely N-dealkylation sites (tertiary alicyclic amines) is 1. The summed E-state index contributed by atoms with van der Waals surface area (Å²) in [5.41, 5.74) is 8.75. The predicted octanol–water partition coefficient (Wildman–Crippen LogP) is 1.92. The normalized spacial score (nSPS) is 26.3. The van der Waals surface area contributed by atoms with E-state index in [-0.39, 0.29) is 12.1 Å². The third-order valence-electron chi connectivity index (χ3n) is 4.08. The maximum Gasteiger partial charge on any atom is 0.0578 e. The maximum absolute atomic E-state index is 10.0. The van der Waals surface area contributed by atoms with Crippen molar-refractivity contribution in [3.8, 4) is 0 Å². The third-order valence-corrected chi connectivity index (χ3v) is 4.08. The number of rotatable bonds is 4. The fraction of sp³-hybridized carbons (Fsp3) is 0.625. The second kappa shape index (κ2) is 6.51. The van der Waals surface area contributed by atoms with E-state index in [0.29, 0.717) is 5.92 Å². The SMILES string of the molecule is CCC(O)C1CC(N)CN(Cc2ccc(C)cc2)C1. The number of benzene rings is 1. The van der Waals surface area contributed by atoms with Gasteiger partial charge in [0.25, 0.3) is 0 Å². The van der Waals surface area contributed by atoms with Crippen LogP contribution in [0.4, 0.5) is 0 Å². The Morgan fingerprint density at radius 1 is 1.32 bits per heavy atom. The second-order valence-corrected chi connectivity index (χ2v) is 5.91. The average Bonchev–Trinajstić information content (AvgIpc) is 2.40. The molecular formula is C16H26N2O. The molecule has 3 atom stereocenters. The van der Waals surface area contributed by atoms with Crippen LogP contribution in [0.1, 0.15) is 30.9 Å². The largest absolute Gasteiger partial charge is 0.393 e. The van der Waals surface area contributed by atoms with Gasteiger partial charge in [0.05, 0.1) is 6.10 Å². The van der Waals surface area contributed by atoms with Crippen LogP contribution in [0.2, 0.25) is 0 Å². The minimum Gasteiger partial charge on any atom is -0.393 e. The summed E-state index contributed by atoms with van der Waals surface area (Å²) in [5.74, 6) is 0.319. The zero-order chi connectivity index (χ0) is 13.8. The van der Waals surface area contributed by atoms with Crippen LogP contribution in [0.25, 0.3) is 0 Å². The summed E-state index contributed by atoms with van der Waals surface area (Å²) in [7, 11) is 0. The van der Waals surface area contributed by atoms with Crippen LogP contribution in [-0.2, 0) is 6.54 Å².